The van der Waals surface area contributed by atoms with Gasteiger partial charge in [0.25, 0.3) is 0 Å². The molecule has 4 aromatic rings. The summed E-state index contributed by atoms with van der Waals surface area (Å²) in [6, 6.07) is 7.54. The molecule has 0 saturated carbocycles. The van der Waals surface area contributed by atoms with Crippen molar-refractivity contribution in [3.63, 3.8) is 0 Å². The molecule has 5 nitrogen and oxygen atoms in total. The zero-order valence-corrected chi connectivity index (χ0v) is 13.0. The third kappa shape index (κ3) is 1.84. The van der Waals surface area contributed by atoms with Crippen LogP contribution in [0.5, 0.6) is 0 Å². The standard InChI is InChI=1S/C19H14N4O/c24-10-11-7-8-13-17(21-11)16-12(4-3-9-20-16)18-19(13)23-15-6-2-1-5-14(15)22-18/h3-4,7-10H,1-2,5-6H2. The first kappa shape index (κ1) is 13.5. The monoisotopic (exact) mass is 314 g/mol. The fraction of sp³-hybridized carbons (Fsp3) is 0.211. The van der Waals surface area contributed by atoms with E-state index < -0.39 is 0 Å². The molecule has 1 aliphatic rings. The first-order valence-corrected chi connectivity index (χ1v) is 8.17. The lowest BCUT2D eigenvalue weighted by molar-refractivity contribution is 0.111. The van der Waals surface area contributed by atoms with Crippen molar-refractivity contribution in [2.45, 2.75) is 25.7 Å². The van der Waals surface area contributed by atoms with E-state index in [4.69, 9.17) is 9.97 Å². The summed E-state index contributed by atoms with van der Waals surface area (Å²) >= 11 is 0. The predicted molar refractivity (Wildman–Crippen MR) is 92.2 cm³/mol. The van der Waals surface area contributed by atoms with E-state index in [1.54, 1.807) is 12.3 Å². The number of pyridine rings is 2. The quantitative estimate of drug-likeness (QED) is 0.398. The molecule has 0 amide bonds. The maximum Gasteiger partial charge on any atom is 0.168 e. The van der Waals surface area contributed by atoms with Crippen LogP contribution in [0.2, 0.25) is 0 Å². The van der Waals surface area contributed by atoms with E-state index in [-0.39, 0.29) is 0 Å². The normalized spacial score (nSPS) is 14.2. The summed E-state index contributed by atoms with van der Waals surface area (Å²) in [5, 5.41) is 1.85. The number of fused-ring (bicyclic) bond motifs is 7. The van der Waals surface area contributed by atoms with Crippen molar-refractivity contribution < 1.29 is 4.79 Å². The van der Waals surface area contributed by atoms with Gasteiger partial charge in [0.2, 0.25) is 0 Å². The van der Waals surface area contributed by atoms with Gasteiger partial charge in [-0.1, -0.05) is 0 Å². The van der Waals surface area contributed by atoms with Crippen LogP contribution in [0.15, 0.2) is 30.5 Å². The molecule has 1 aliphatic carbocycles. The van der Waals surface area contributed by atoms with Crippen LogP contribution in [-0.4, -0.2) is 26.2 Å². The first-order valence-electron chi connectivity index (χ1n) is 8.17. The summed E-state index contributed by atoms with van der Waals surface area (Å²) in [5.74, 6) is 0. The van der Waals surface area contributed by atoms with Crippen LogP contribution >= 0.6 is 0 Å². The molecular weight excluding hydrogens is 300 g/mol. The Bertz CT molecular complexity index is 1140. The Morgan fingerprint density at radius 2 is 1.46 bits per heavy atom. The van der Waals surface area contributed by atoms with Gasteiger partial charge in [-0.05, 0) is 49.9 Å². The second-order valence-electron chi connectivity index (χ2n) is 6.17. The van der Waals surface area contributed by atoms with Crippen molar-refractivity contribution in [1.82, 2.24) is 19.9 Å². The fourth-order valence-electron chi connectivity index (χ4n) is 3.56. The minimum Gasteiger partial charge on any atom is -0.296 e. The van der Waals surface area contributed by atoms with Crippen LogP contribution in [0.25, 0.3) is 32.8 Å². The van der Waals surface area contributed by atoms with E-state index in [0.29, 0.717) is 11.2 Å². The molecule has 0 bridgehead atoms. The van der Waals surface area contributed by atoms with Gasteiger partial charge in [-0.25, -0.2) is 15.0 Å². The van der Waals surface area contributed by atoms with Gasteiger partial charge in [-0.15, -0.1) is 0 Å². The number of carbonyl (C=O) groups is 1. The Balaban J connectivity index is 2.03. The molecule has 5 rings (SSSR count). The molecule has 116 valence electrons. The van der Waals surface area contributed by atoms with Gasteiger partial charge in [0.1, 0.15) is 5.69 Å². The summed E-state index contributed by atoms with van der Waals surface area (Å²) in [4.78, 5) is 30.0. The van der Waals surface area contributed by atoms with Crippen molar-refractivity contribution in [2.24, 2.45) is 0 Å². The number of aldehydes is 1. The van der Waals surface area contributed by atoms with E-state index in [1.165, 1.54) is 6.42 Å². The van der Waals surface area contributed by atoms with Crippen molar-refractivity contribution in [1.29, 1.82) is 0 Å². The minimum absolute atomic E-state index is 0.403. The third-order valence-corrected chi connectivity index (χ3v) is 4.71. The van der Waals surface area contributed by atoms with Gasteiger partial charge in [0, 0.05) is 17.0 Å². The van der Waals surface area contributed by atoms with Crippen LogP contribution in [-0.2, 0) is 12.8 Å². The molecule has 0 atom stereocenters. The molecule has 0 N–H and O–H groups in total. The van der Waals surface area contributed by atoms with Gasteiger partial charge >= 0.3 is 0 Å². The molecule has 24 heavy (non-hydrogen) atoms. The van der Waals surface area contributed by atoms with Crippen molar-refractivity contribution in [3.8, 4) is 0 Å². The number of benzene rings is 1. The molecule has 0 radical (unpaired) electrons. The molecule has 0 fully saturated rings. The Morgan fingerprint density at radius 1 is 0.792 bits per heavy atom. The Kier molecular flexibility index (Phi) is 2.82. The van der Waals surface area contributed by atoms with Crippen LogP contribution in [0, 0.1) is 0 Å². The van der Waals surface area contributed by atoms with Gasteiger partial charge in [-0.2, -0.15) is 0 Å². The second-order valence-corrected chi connectivity index (χ2v) is 6.17. The van der Waals surface area contributed by atoms with Crippen LogP contribution in [0.1, 0.15) is 34.7 Å². The first-order chi connectivity index (χ1) is 11.8. The second kappa shape index (κ2) is 5.03. The number of hydrogen-bond donors (Lipinski definition) is 0. The lowest BCUT2D eigenvalue weighted by Gasteiger charge is -2.16. The highest BCUT2D eigenvalue weighted by atomic mass is 16.1. The third-order valence-electron chi connectivity index (χ3n) is 4.71. The van der Waals surface area contributed by atoms with Crippen LogP contribution in [0.3, 0.4) is 0 Å². The molecule has 0 spiro atoms. The summed E-state index contributed by atoms with van der Waals surface area (Å²) in [5.41, 5.74) is 5.83. The molecule has 0 unspecified atom stereocenters. The van der Waals surface area contributed by atoms with Gasteiger partial charge in [0.15, 0.2) is 6.29 Å². The maximum absolute atomic E-state index is 11.1. The summed E-state index contributed by atoms with van der Waals surface area (Å²) in [6.45, 7) is 0. The van der Waals surface area contributed by atoms with E-state index in [0.717, 1.165) is 64.3 Å². The highest BCUT2D eigenvalue weighted by Crippen LogP contribution is 2.32. The average molecular weight is 314 g/mol. The Hall–Kier alpha value is -2.95. The average Bonchev–Trinajstić information content (AvgIpc) is 2.66. The molecule has 1 aromatic carbocycles. The Morgan fingerprint density at radius 3 is 2.17 bits per heavy atom. The van der Waals surface area contributed by atoms with Gasteiger partial charge < -0.3 is 0 Å². The predicted octanol–water partition coefficient (Wildman–Crippen LogP) is 3.42. The van der Waals surface area contributed by atoms with E-state index >= 15 is 0 Å². The highest BCUT2D eigenvalue weighted by molar-refractivity contribution is 6.20. The fourth-order valence-corrected chi connectivity index (χ4v) is 3.56. The van der Waals surface area contributed by atoms with Crippen LogP contribution < -0.4 is 0 Å². The van der Waals surface area contributed by atoms with Crippen molar-refractivity contribution >= 4 is 39.1 Å². The lowest BCUT2D eigenvalue weighted by Crippen LogP contribution is -2.08. The smallest absolute Gasteiger partial charge is 0.168 e. The van der Waals surface area contributed by atoms with E-state index in [1.807, 2.05) is 18.2 Å². The van der Waals surface area contributed by atoms with E-state index in [2.05, 4.69) is 9.97 Å². The number of carbonyl (C=O) groups excluding carboxylic acids is 1. The largest absolute Gasteiger partial charge is 0.296 e. The number of hydrogen-bond acceptors (Lipinski definition) is 5. The Labute approximate surface area is 137 Å². The van der Waals surface area contributed by atoms with Crippen LogP contribution in [0.4, 0.5) is 0 Å². The minimum atomic E-state index is 0.403. The number of aryl methyl sites for hydroxylation is 2. The molecule has 0 aliphatic heterocycles. The SMILES string of the molecule is O=Cc1ccc2c(n1)c1ncccc1c1nc3c(nc21)CCCC3. The van der Waals surface area contributed by atoms with Gasteiger partial charge in [-0.3, -0.25) is 9.78 Å². The molecule has 3 aromatic heterocycles. The number of aromatic nitrogens is 4. The number of rotatable bonds is 1. The molecular formula is C19H14N4O. The number of nitrogens with zero attached hydrogens (tertiary/aromatic N) is 4. The molecule has 0 saturated heterocycles. The topological polar surface area (TPSA) is 68.6 Å². The molecule has 3 heterocycles. The lowest BCUT2D eigenvalue weighted by atomic mass is 9.99. The zero-order valence-electron chi connectivity index (χ0n) is 13.0. The van der Waals surface area contributed by atoms with E-state index in [9.17, 15) is 4.79 Å². The maximum atomic E-state index is 11.1. The molecule has 5 heteroatoms. The highest BCUT2D eigenvalue weighted by Gasteiger charge is 2.18. The summed E-state index contributed by atoms with van der Waals surface area (Å²) in [6.07, 6.45) is 6.80. The van der Waals surface area contributed by atoms with Crippen molar-refractivity contribution in [3.05, 3.63) is 47.5 Å². The van der Waals surface area contributed by atoms with Crippen molar-refractivity contribution in [2.75, 3.05) is 0 Å². The summed E-state index contributed by atoms with van der Waals surface area (Å²) < 4.78 is 0. The summed E-state index contributed by atoms with van der Waals surface area (Å²) in [7, 11) is 0. The van der Waals surface area contributed by atoms with Gasteiger partial charge in [0.05, 0.1) is 33.5 Å². The zero-order chi connectivity index (χ0) is 16.1.